The van der Waals surface area contributed by atoms with Crippen molar-refractivity contribution in [1.29, 1.82) is 0 Å². The Balaban J connectivity index is 2.68. The first-order valence-electron chi connectivity index (χ1n) is 5.38. The van der Waals surface area contributed by atoms with E-state index in [-0.39, 0.29) is 12.6 Å². The molecule has 0 saturated heterocycles. The standard InChI is InChI=1S/C12H18ClNO2/c1-3-11(8-15)14-7-9-6-10(13)4-5-12(9)16-2/h4-6,11,14-15H,3,7-8H2,1-2H3. The quantitative estimate of drug-likeness (QED) is 0.805. The Hall–Kier alpha value is -0.770. The van der Waals surface area contributed by atoms with Crippen molar-refractivity contribution >= 4 is 11.6 Å². The number of hydrogen-bond donors (Lipinski definition) is 2. The molecule has 0 aliphatic heterocycles. The Bertz CT molecular complexity index is 327. The zero-order valence-electron chi connectivity index (χ0n) is 9.66. The van der Waals surface area contributed by atoms with E-state index in [2.05, 4.69) is 5.32 Å². The summed E-state index contributed by atoms with van der Waals surface area (Å²) >= 11 is 5.92. The number of aliphatic hydroxyl groups is 1. The summed E-state index contributed by atoms with van der Waals surface area (Å²) in [4.78, 5) is 0. The van der Waals surface area contributed by atoms with Gasteiger partial charge in [0.2, 0.25) is 0 Å². The molecule has 0 amide bonds. The SMILES string of the molecule is CCC(CO)NCc1cc(Cl)ccc1OC. The van der Waals surface area contributed by atoms with Crippen LogP contribution in [0.4, 0.5) is 0 Å². The number of nitrogens with one attached hydrogen (secondary N) is 1. The summed E-state index contributed by atoms with van der Waals surface area (Å²) in [5, 5.41) is 13.0. The van der Waals surface area contributed by atoms with Gasteiger partial charge in [-0.1, -0.05) is 18.5 Å². The third kappa shape index (κ3) is 3.67. The second-order valence-corrected chi connectivity index (χ2v) is 4.06. The van der Waals surface area contributed by atoms with Gasteiger partial charge in [-0.3, -0.25) is 0 Å². The second kappa shape index (κ2) is 6.74. The minimum absolute atomic E-state index is 0.115. The van der Waals surface area contributed by atoms with Crippen LogP contribution in [-0.4, -0.2) is 24.9 Å². The Morgan fingerprint density at radius 1 is 1.50 bits per heavy atom. The Morgan fingerprint density at radius 3 is 2.81 bits per heavy atom. The van der Waals surface area contributed by atoms with Gasteiger partial charge in [-0.2, -0.15) is 0 Å². The lowest BCUT2D eigenvalue weighted by atomic mass is 10.1. The largest absolute Gasteiger partial charge is 0.496 e. The lowest BCUT2D eigenvalue weighted by molar-refractivity contribution is 0.238. The third-order valence-corrected chi connectivity index (χ3v) is 2.77. The van der Waals surface area contributed by atoms with E-state index in [4.69, 9.17) is 21.4 Å². The summed E-state index contributed by atoms with van der Waals surface area (Å²) in [5.74, 6) is 0.810. The average Bonchev–Trinajstić information content (AvgIpc) is 2.30. The maximum Gasteiger partial charge on any atom is 0.123 e. The zero-order valence-corrected chi connectivity index (χ0v) is 10.4. The minimum Gasteiger partial charge on any atom is -0.496 e. The summed E-state index contributed by atoms with van der Waals surface area (Å²) in [6.07, 6.45) is 0.888. The van der Waals surface area contributed by atoms with E-state index >= 15 is 0 Å². The van der Waals surface area contributed by atoms with Crippen LogP contribution in [-0.2, 0) is 6.54 Å². The van der Waals surface area contributed by atoms with E-state index in [9.17, 15) is 0 Å². The van der Waals surface area contributed by atoms with Gasteiger partial charge in [0, 0.05) is 23.2 Å². The number of aliphatic hydroxyl groups excluding tert-OH is 1. The van der Waals surface area contributed by atoms with Gasteiger partial charge in [0.15, 0.2) is 0 Å². The summed E-state index contributed by atoms with van der Waals surface area (Å²) in [6.45, 7) is 2.81. The molecular formula is C12H18ClNO2. The van der Waals surface area contributed by atoms with Crippen LogP contribution >= 0.6 is 11.6 Å². The predicted molar refractivity (Wildman–Crippen MR) is 66.0 cm³/mol. The van der Waals surface area contributed by atoms with Crippen LogP contribution < -0.4 is 10.1 Å². The molecule has 90 valence electrons. The van der Waals surface area contributed by atoms with Gasteiger partial charge in [0.05, 0.1) is 13.7 Å². The van der Waals surface area contributed by atoms with Gasteiger partial charge in [-0.25, -0.2) is 0 Å². The van der Waals surface area contributed by atoms with Crippen LogP contribution in [0, 0.1) is 0 Å². The maximum atomic E-state index is 9.07. The van der Waals surface area contributed by atoms with E-state index < -0.39 is 0 Å². The highest BCUT2D eigenvalue weighted by molar-refractivity contribution is 6.30. The summed E-state index contributed by atoms with van der Waals surface area (Å²) < 4.78 is 5.24. The van der Waals surface area contributed by atoms with Crippen LogP contribution in [0.2, 0.25) is 5.02 Å². The fraction of sp³-hybridized carbons (Fsp3) is 0.500. The predicted octanol–water partition coefficient (Wildman–Crippen LogP) is 2.21. The minimum atomic E-state index is 0.115. The van der Waals surface area contributed by atoms with E-state index in [1.807, 2.05) is 19.1 Å². The van der Waals surface area contributed by atoms with Crippen molar-refractivity contribution < 1.29 is 9.84 Å². The molecule has 0 fully saturated rings. The zero-order chi connectivity index (χ0) is 12.0. The molecule has 3 nitrogen and oxygen atoms in total. The van der Waals surface area contributed by atoms with Gasteiger partial charge in [-0.05, 0) is 24.6 Å². The lowest BCUT2D eigenvalue weighted by Gasteiger charge is -2.15. The molecule has 1 unspecified atom stereocenters. The monoisotopic (exact) mass is 243 g/mol. The fourth-order valence-electron chi connectivity index (χ4n) is 1.48. The molecular weight excluding hydrogens is 226 g/mol. The van der Waals surface area contributed by atoms with Crippen molar-refractivity contribution in [1.82, 2.24) is 5.32 Å². The van der Waals surface area contributed by atoms with Crippen LogP contribution in [0.3, 0.4) is 0 Å². The number of hydrogen-bond acceptors (Lipinski definition) is 3. The van der Waals surface area contributed by atoms with Gasteiger partial charge < -0.3 is 15.2 Å². The molecule has 1 aromatic carbocycles. The highest BCUT2D eigenvalue weighted by Crippen LogP contribution is 2.22. The topological polar surface area (TPSA) is 41.5 Å². The number of benzene rings is 1. The van der Waals surface area contributed by atoms with E-state index in [1.54, 1.807) is 13.2 Å². The molecule has 0 heterocycles. The van der Waals surface area contributed by atoms with Crippen molar-refractivity contribution in [3.05, 3.63) is 28.8 Å². The number of halogens is 1. The molecule has 16 heavy (non-hydrogen) atoms. The average molecular weight is 244 g/mol. The van der Waals surface area contributed by atoms with Gasteiger partial charge >= 0.3 is 0 Å². The Morgan fingerprint density at radius 2 is 2.25 bits per heavy atom. The first-order valence-corrected chi connectivity index (χ1v) is 5.75. The van der Waals surface area contributed by atoms with Crippen molar-refractivity contribution in [2.45, 2.75) is 25.9 Å². The second-order valence-electron chi connectivity index (χ2n) is 3.62. The molecule has 0 saturated carbocycles. The molecule has 0 bridgehead atoms. The van der Waals surface area contributed by atoms with Crippen molar-refractivity contribution in [3.63, 3.8) is 0 Å². The van der Waals surface area contributed by atoms with Crippen LogP contribution in [0.5, 0.6) is 5.75 Å². The highest BCUT2D eigenvalue weighted by atomic mass is 35.5. The van der Waals surface area contributed by atoms with Gasteiger partial charge in [-0.15, -0.1) is 0 Å². The van der Waals surface area contributed by atoms with E-state index in [1.165, 1.54) is 0 Å². The van der Waals surface area contributed by atoms with Gasteiger partial charge in [0.25, 0.3) is 0 Å². The van der Waals surface area contributed by atoms with Gasteiger partial charge in [0.1, 0.15) is 5.75 Å². The van der Waals surface area contributed by atoms with Crippen molar-refractivity contribution in [2.24, 2.45) is 0 Å². The first-order chi connectivity index (χ1) is 7.71. The molecule has 1 rings (SSSR count). The highest BCUT2D eigenvalue weighted by Gasteiger charge is 2.07. The normalized spacial score (nSPS) is 12.5. The molecule has 0 radical (unpaired) electrons. The van der Waals surface area contributed by atoms with E-state index in [0.29, 0.717) is 11.6 Å². The van der Waals surface area contributed by atoms with E-state index in [0.717, 1.165) is 17.7 Å². The number of rotatable bonds is 6. The molecule has 2 N–H and O–H groups in total. The Kier molecular flexibility index (Phi) is 5.60. The van der Waals surface area contributed by atoms with Crippen LogP contribution in [0.1, 0.15) is 18.9 Å². The molecule has 4 heteroatoms. The van der Waals surface area contributed by atoms with Crippen LogP contribution in [0.15, 0.2) is 18.2 Å². The lowest BCUT2D eigenvalue weighted by Crippen LogP contribution is -2.31. The number of methoxy groups -OCH3 is 1. The third-order valence-electron chi connectivity index (χ3n) is 2.54. The van der Waals surface area contributed by atoms with Crippen molar-refractivity contribution in [2.75, 3.05) is 13.7 Å². The smallest absolute Gasteiger partial charge is 0.123 e. The molecule has 0 spiro atoms. The molecule has 0 aromatic heterocycles. The first kappa shape index (κ1) is 13.3. The summed E-state index contributed by atoms with van der Waals surface area (Å²) in [6, 6.07) is 5.63. The van der Waals surface area contributed by atoms with Crippen molar-refractivity contribution in [3.8, 4) is 5.75 Å². The number of ether oxygens (including phenoxy) is 1. The molecule has 0 aliphatic carbocycles. The summed E-state index contributed by atoms with van der Waals surface area (Å²) in [5.41, 5.74) is 1.00. The summed E-state index contributed by atoms with van der Waals surface area (Å²) in [7, 11) is 1.64. The molecule has 1 atom stereocenters. The fourth-order valence-corrected chi connectivity index (χ4v) is 1.67. The molecule has 0 aliphatic rings. The molecule has 1 aromatic rings. The Labute approximate surface area is 101 Å². The van der Waals surface area contributed by atoms with Crippen LogP contribution in [0.25, 0.3) is 0 Å². The maximum absolute atomic E-state index is 9.07.